The molecular weight excluding hydrogens is 1070 g/mol. The molecule has 0 saturated carbocycles. The Morgan fingerprint density at radius 2 is 0.718 bits per heavy atom. The molecule has 0 aromatic carbocycles. The number of quaternary nitrogens is 1. The van der Waals surface area contributed by atoms with E-state index in [0.29, 0.717) is 17.4 Å². The van der Waals surface area contributed by atoms with E-state index < -0.39 is 20.0 Å². The van der Waals surface area contributed by atoms with Gasteiger partial charge in [0.15, 0.2) is 0 Å². The number of carbonyl (C=O) groups is 1. The Bertz CT molecular complexity index is 1710. The number of rotatable bonds is 66. The number of nitrogens with one attached hydrogen (secondary N) is 1. The Morgan fingerprint density at radius 1 is 0.412 bits per heavy atom. The largest absolute Gasteiger partial charge is 0.472 e. The van der Waals surface area contributed by atoms with Crippen LogP contribution < -0.4 is 5.32 Å². The second kappa shape index (κ2) is 65.9. The number of aliphatic hydroxyl groups excluding tert-OH is 1. The Balaban J connectivity index is 4.12. The zero-order chi connectivity index (χ0) is 61.9. The smallest absolute Gasteiger partial charge is 0.387 e. The van der Waals surface area contributed by atoms with Crippen LogP contribution in [0.1, 0.15) is 328 Å². The van der Waals surface area contributed by atoms with Crippen molar-refractivity contribution in [2.24, 2.45) is 0 Å². The molecule has 9 heteroatoms. The number of phosphoric acid groups is 1. The monoisotopic (exact) mass is 1210 g/mol. The molecule has 3 unspecified atom stereocenters. The summed E-state index contributed by atoms with van der Waals surface area (Å²) < 4.78 is 23.8. The first-order chi connectivity index (χ1) is 41.5. The first kappa shape index (κ1) is 82.4. The number of unbranched alkanes of at least 4 members (excludes halogenated alkanes) is 39. The van der Waals surface area contributed by atoms with Crippen LogP contribution in [0.15, 0.2) is 97.2 Å². The summed E-state index contributed by atoms with van der Waals surface area (Å²) in [5, 5.41) is 14.0. The molecule has 0 aliphatic heterocycles. The number of phosphoric ester groups is 1. The molecule has 0 aromatic rings. The highest BCUT2D eigenvalue weighted by Crippen LogP contribution is 2.43. The number of hydrogen-bond acceptors (Lipinski definition) is 5. The molecular formula is C76H140N2O6P+. The summed E-state index contributed by atoms with van der Waals surface area (Å²) in [5.74, 6) is -0.191. The number of aliphatic hydroxyl groups is 1. The lowest BCUT2D eigenvalue weighted by molar-refractivity contribution is -0.870. The van der Waals surface area contributed by atoms with Crippen molar-refractivity contribution in [1.29, 1.82) is 0 Å². The number of likely N-dealkylation sites (N-methyl/N-ethyl adjacent to an activating group) is 1. The SMILES string of the molecule is CC/C=C\C/C=C\C/C=C\C/C=C\C/C=C\CCCCCCCCCCCCCCCCCC(=O)NC(COP(=O)(O)OCC[N+](C)(C)C)C(O)/C=C/CC/C=C/CC/C=C/CCCCCCCCCCCCCCCCCCCCCCCC. The lowest BCUT2D eigenvalue weighted by atomic mass is 10.0. The van der Waals surface area contributed by atoms with Crippen molar-refractivity contribution in [2.75, 3.05) is 40.9 Å². The van der Waals surface area contributed by atoms with E-state index in [1.54, 1.807) is 6.08 Å². The molecule has 0 aliphatic carbocycles. The molecule has 85 heavy (non-hydrogen) atoms. The standard InChI is InChI=1S/C76H139N2O6P/c1-6-8-10-12-14-16-18-20-22-24-26-28-30-32-34-36-38-40-41-43-45-47-49-51-53-55-57-59-61-63-65-67-69-75(79)74(73-84-85(81,82)83-72-71-78(3,4)5)77-76(80)70-68-66-64-62-60-58-56-54-52-50-48-46-44-42-39-37-35-33-31-29-27-25-23-21-19-17-15-13-11-9-7-2/h9,11,15,17,21,23,27,29,33,35,51,53,59,61,67,69,74-75,79H,6-8,10,12-14,16,18-20,22,24-26,28,30-32,34,36-50,52,54-58,60,62-66,68,70-73H2,1-5H3,(H-,77,80,81,82)/p+1/b11-9-,17-15-,23-21-,29-27-,35-33-,53-51+,61-59+,69-67+. The molecule has 0 aromatic heterocycles. The maximum Gasteiger partial charge on any atom is 0.472 e. The maximum atomic E-state index is 13.1. The average molecular weight is 1210 g/mol. The van der Waals surface area contributed by atoms with Crippen LogP contribution in [-0.4, -0.2) is 73.4 Å². The van der Waals surface area contributed by atoms with Crippen molar-refractivity contribution in [3.05, 3.63) is 97.2 Å². The Labute approximate surface area is 528 Å². The van der Waals surface area contributed by atoms with E-state index in [9.17, 15) is 19.4 Å². The molecule has 0 radical (unpaired) electrons. The molecule has 0 bridgehead atoms. The fraction of sp³-hybridized carbons (Fsp3) is 0.776. The van der Waals surface area contributed by atoms with Gasteiger partial charge in [0.25, 0.3) is 0 Å². The minimum absolute atomic E-state index is 0.0505. The molecule has 494 valence electrons. The van der Waals surface area contributed by atoms with E-state index in [2.05, 4.69) is 104 Å². The number of hydrogen-bond donors (Lipinski definition) is 3. The van der Waals surface area contributed by atoms with Crippen molar-refractivity contribution in [3.63, 3.8) is 0 Å². The quantitative estimate of drug-likeness (QED) is 0.0243. The predicted octanol–water partition coefficient (Wildman–Crippen LogP) is 23.3. The van der Waals surface area contributed by atoms with E-state index in [4.69, 9.17) is 9.05 Å². The highest BCUT2D eigenvalue weighted by Gasteiger charge is 2.28. The van der Waals surface area contributed by atoms with Gasteiger partial charge in [-0.2, -0.15) is 0 Å². The van der Waals surface area contributed by atoms with Crippen LogP contribution in [-0.2, 0) is 18.4 Å². The summed E-state index contributed by atoms with van der Waals surface area (Å²) in [7, 11) is 1.55. The van der Waals surface area contributed by atoms with Gasteiger partial charge in [-0.25, -0.2) is 4.57 Å². The van der Waals surface area contributed by atoms with Gasteiger partial charge in [-0.15, -0.1) is 0 Å². The third-order valence-electron chi connectivity index (χ3n) is 16.0. The average Bonchev–Trinajstić information content (AvgIpc) is 3.49. The first-order valence-corrected chi connectivity index (χ1v) is 37.6. The van der Waals surface area contributed by atoms with Crippen molar-refractivity contribution in [3.8, 4) is 0 Å². The van der Waals surface area contributed by atoms with E-state index in [0.717, 1.165) is 77.0 Å². The predicted molar refractivity (Wildman–Crippen MR) is 373 cm³/mol. The Morgan fingerprint density at radius 3 is 1.08 bits per heavy atom. The van der Waals surface area contributed by atoms with Crippen molar-refractivity contribution in [2.45, 2.75) is 341 Å². The summed E-state index contributed by atoms with van der Waals surface area (Å²) >= 11 is 0. The van der Waals surface area contributed by atoms with Crippen LogP contribution in [0, 0.1) is 0 Å². The maximum absolute atomic E-state index is 13.1. The molecule has 3 N–H and O–H groups in total. The van der Waals surface area contributed by atoms with Gasteiger partial charge < -0.3 is 19.8 Å². The molecule has 8 nitrogen and oxygen atoms in total. The van der Waals surface area contributed by atoms with E-state index in [1.807, 2.05) is 27.2 Å². The summed E-state index contributed by atoms with van der Waals surface area (Å²) in [6.45, 7) is 4.71. The van der Waals surface area contributed by atoms with Gasteiger partial charge in [0.2, 0.25) is 5.91 Å². The molecule has 0 spiro atoms. The van der Waals surface area contributed by atoms with Crippen LogP contribution >= 0.6 is 7.82 Å². The third kappa shape index (κ3) is 68.8. The molecule has 3 atom stereocenters. The third-order valence-corrected chi connectivity index (χ3v) is 17.0. The summed E-state index contributed by atoms with van der Waals surface area (Å²) in [6, 6.07) is -0.877. The highest BCUT2D eigenvalue weighted by atomic mass is 31.2. The van der Waals surface area contributed by atoms with Gasteiger partial charge in [-0.3, -0.25) is 13.8 Å². The first-order valence-electron chi connectivity index (χ1n) is 36.1. The lowest BCUT2D eigenvalue weighted by Crippen LogP contribution is -2.45. The van der Waals surface area contributed by atoms with Gasteiger partial charge in [0.05, 0.1) is 39.9 Å². The normalized spacial score (nSPS) is 14.2. The molecule has 0 heterocycles. The number of amides is 1. The van der Waals surface area contributed by atoms with Crippen molar-refractivity contribution < 1.29 is 32.9 Å². The van der Waals surface area contributed by atoms with E-state index in [1.165, 1.54) is 231 Å². The molecule has 1 amide bonds. The fourth-order valence-electron chi connectivity index (χ4n) is 10.5. The topological polar surface area (TPSA) is 105 Å². The second-order valence-corrected chi connectivity index (χ2v) is 27.0. The second-order valence-electron chi connectivity index (χ2n) is 25.6. The van der Waals surface area contributed by atoms with Crippen LogP contribution in [0.5, 0.6) is 0 Å². The molecule has 0 saturated heterocycles. The Hall–Kier alpha value is -2.58. The van der Waals surface area contributed by atoms with Gasteiger partial charge in [-0.1, -0.05) is 329 Å². The van der Waals surface area contributed by atoms with E-state index in [-0.39, 0.29) is 19.1 Å². The van der Waals surface area contributed by atoms with Gasteiger partial charge >= 0.3 is 7.82 Å². The highest BCUT2D eigenvalue weighted by molar-refractivity contribution is 7.47. The van der Waals surface area contributed by atoms with Crippen LogP contribution in [0.3, 0.4) is 0 Å². The van der Waals surface area contributed by atoms with Gasteiger partial charge in [0, 0.05) is 6.42 Å². The van der Waals surface area contributed by atoms with Gasteiger partial charge in [0.1, 0.15) is 13.2 Å². The number of carbonyl (C=O) groups excluding carboxylic acids is 1. The van der Waals surface area contributed by atoms with E-state index >= 15 is 0 Å². The Kier molecular flexibility index (Phi) is 63.9. The van der Waals surface area contributed by atoms with Gasteiger partial charge in [-0.05, 0) is 89.9 Å². The lowest BCUT2D eigenvalue weighted by Gasteiger charge is -2.25. The fourth-order valence-corrected chi connectivity index (χ4v) is 11.2. The van der Waals surface area contributed by atoms with Crippen molar-refractivity contribution in [1.82, 2.24) is 5.32 Å². The molecule has 0 fully saturated rings. The van der Waals surface area contributed by atoms with Crippen LogP contribution in [0.4, 0.5) is 0 Å². The minimum atomic E-state index is -4.37. The number of allylic oxidation sites excluding steroid dienone is 15. The van der Waals surface area contributed by atoms with Crippen LogP contribution in [0.2, 0.25) is 0 Å². The molecule has 0 rings (SSSR count). The summed E-state index contributed by atoms with van der Waals surface area (Å²) in [6.07, 6.45) is 95.7. The summed E-state index contributed by atoms with van der Waals surface area (Å²) in [4.78, 5) is 23.4. The zero-order valence-electron chi connectivity index (χ0n) is 56.6. The zero-order valence-corrected chi connectivity index (χ0v) is 57.5. The molecule has 0 aliphatic rings. The summed E-state index contributed by atoms with van der Waals surface area (Å²) in [5.41, 5.74) is 0. The minimum Gasteiger partial charge on any atom is -0.387 e. The number of nitrogens with zero attached hydrogens (tertiary/aromatic N) is 1. The van der Waals surface area contributed by atoms with Crippen LogP contribution in [0.25, 0.3) is 0 Å². The van der Waals surface area contributed by atoms with Crippen molar-refractivity contribution >= 4 is 13.7 Å².